The van der Waals surface area contributed by atoms with Gasteiger partial charge in [0.15, 0.2) is 0 Å². The van der Waals surface area contributed by atoms with Crippen molar-refractivity contribution in [3.63, 3.8) is 0 Å². The third kappa shape index (κ3) is 2.32. The molecule has 2 atom stereocenters. The zero-order valence-corrected chi connectivity index (χ0v) is 8.93. The molecule has 0 aliphatic carbocycles. The van der Waals surface area contributed by atoms with Crippen LogP contribution in [-0.2, 0) is 6.42 Å². The van der Waals surface area contributed by atoms with E-state index in [0.29, 0.717) is 11.3 Å². The molecule has 78 valence electrons. The summed E-state index contributed by atoms with van der Waals surface area (Å²) in [6.07, 6.45) is 5.18. The van der Waals surface area contributed by atoms with Crippen LogP contribution in [-0.4, -0.2) is 17.0 Å². The molecule has 3 nitrogen and oxygen atoms in total. The lowest BCUT2D eigenvalue weighted by Crippen LogP contribution is -2.43. The zero-order valence-electron chi connectivity index (χ0n) is 8.11. The Kier molecular flexibility index (Phi) is 3.50. The molecule has 1 fully saturated rings. The number of nitrogens with one attached hydrogen (secondary N) is 1. The Hall–Kier alpha value is -0.450. The first kappa shape index (κ1) is 10.1. The molecule has 1 aliphatic heterocycles. The van der Waals surface area contributed by atoms with E-state index in [0.717, 1.165) is 12.2 Å². The van der Waals surface area contributed by atoms with Crippen LogP contribution in [0.1, 0.15) is 18.6 Å². The zero-order chi connectivity index (χ0) is 9.80. The molecular weight excluding hydrogens is 196 g/mol. The molecule has 1 aromatic rings. The first-order valence-corrected chi connectivity index (χ1v) is 6.05. The van der Waals surface area contributed by atoms with Crippen molar-refractivity contribution in [2.75, 3.05) is 5.75 Å². The van der Waals surface area contributed by atoms with Crippen LogP contribution in [0.2, 0.25) is 0 Å². The Bertz CT molecular complexity index is 257. The van der Waals surface area contributed by atoms with Gasteiger partial charge in [0.1, 0.15) is 5.76 Å². The Labute approximate surface area is 88.4 Å². The van der Waals surface area contributed by atoms with E-state index in [1.54, 1.807) is 6.26 Å². The van der Waals surface area contributed by atoms with Gasteiger partial charge in [-0.2, -0.15) is 11.8 Å². The highest BCUT2D eigenvalue weighted by atomic mass is 32.2. The maximum Gasteiger partial charge on any atom is 0.105 e. The molecular formula is C10H16N2OS. The van der Waals surface area contributed by atoms with Gasteiger partial charge in [0, 0.05) is 17.7 Å². The topological polar surface area (TPSA) is 51.2 Å². The van der Waals surface area contributed by atoms with Gasteiger partial charge >= 0.3 is 0 Å². The maximum absolute atomic E-state index is 5.56. The van der Waals surface area contributed by atoms with Gasteiger partial charge in [-0.05, 0) is 30.7 Å². The molecule has 1 aromatic heterocycles. The van der Waals surface area contributed by atoms with Crippen molar-refractivity contribution in [3.8, 4) is 0 Å². The smallest absolute Gasteiger partial charge is 0.105 e. The van der Waals surface area contributed by atoms with E-state index < -0.39 is 0 Å². The first-order valence-electron chi connectivity index (χ1n) is 5.00. The van der Waals surface area contributed by atoms with Gasteiger partial charge in [0.05, 0.1) is 6.26 Å². The quantitative estimate of drug-likeness (QED) is 0.587. The van der Waals surface area contributed by atoms with E-state index in [-0.39, 0.29) is 0 Å². The van der Waals surface area contributed by atoms with Crippen molar-refractivity contribution in [2.45, 2.75) is 30.6 Å². The second-order valence-corrected chi connectivity index (χ2v) is 4.96. The monoisotopic (exact) mass is 212 g/mol. The summed E-state index contributed by atoms with van der Waals surface area (Å²) in [6, 6.07) is 4.27. The molecule has 4 heteroatoms. The van der Waals surface area contributed by atoms with Gasteiger partial charge in [-0.25, -0.2) is 0 Å². The predicted molar refractivity (Wildman–Crippen MR) is 59.0 cm³/mol. The normalized spacial score (nSPS) is 23.9. The highest BCUT2D eigenvalue weighted by Gasteiger charge is 2.25. The summed E-state index contributed by atoms with van der Waals surface area (Å²) >= 11 is 2.01. The summed E-state index contributed by atoms with van der Waals surface area (Å²) in [5, 5.41) is 0.644. The number of thioether (sulfide) groups is 1. The molecule has 3 N–H and O–H groups in total. The van der Waals surface area contributed by atoms with E-state index in [9.17, 15) is 0 Å². The molecule has 2 rings (SSSR count). The molecule has 14 heavy (non-hydrogen) atoms. The molecule has 0 spiro atoms. The number of hydrazine groups is 1. The molecule has 0 radical (unpaired) electrons. The van der Waals surface area contributed by atoms with E-state index >= 15 is 0 Å². The SMILES string of the molecule is NNC(Cc1ccco1)C1CCCS1. The van der Waals surface area contributed by atoms with Crippen LogP contribution in [0.15, 0.2) is 22.8 Å². The van der Waals surface area contributed by atoms with Crippen LogP contribution in [0.4, 0.5) is 0 Å². The molecule has 0 bridgehead atoms. The van der Waals surface area contributed by atoms with Crippen LogP contribution in [0, 0.1) is 0 Å². The average molecular weight is 212 g/mol. The van der Waals surface area contributed by atoms with Gasteiger partial charge in [0.2, 0.25) is 0 Å². The molecule has 1 saturated heterocycles. The second kappa shape index (κ2) is 4.87. The van der Waals surface area contributed by atoms with E-state index in [1.165, 1.54) is 18.6 Å². The van der Waals surface area contributed by atoms with Crippen molar-refractivity contribution in [1.82, 2.24) is 5.43 Å². The van der Waals surface area contributed by atoms with Gasteiger partial charge < -0.3 is 4.42 Å². The summed E-state index contributed by atoms with van der Waals surface area (Å²) in [5.74, 6) is 7.84. The fraction of sp³-hybridized carbons (Fsp3) is 0.600. The molecule has 1 aliphatic rings. The minimum atomic E-state index is 0.341. The molecule has 0 aromatic carbocycles. The van der Waals surface area contributed by atoms with Crippen LogP contribution in [0.5, 0.6) is 0 Å². The largest absolute Gasteiger partial charge is 0.469 e. The lowest BCUT2D eigenvalue weighted by atomic mass is 10.1. The third-order valence-electron chi connectivity index (χ3n) is 2.63. The fourth-order valence-corrected chi connectivity index (χ4v) is 3.24. The van der Waals surface area contributed by atoms with Crippen molar-refractivity contribution < 1.29 is 4.42 Å². The lowest BCUT2D eigenvalue weighted by molar-refractivity contribution is 0.433. The highest BCUT2D eigenvalue weighted by molar-refractivity contribution is 8.00. The average Bonchev–Trinajstić information content (AvgIpc) is 2.86. The number of hydrogen-bond acceptors (Lipinski definition) is 4. The number of nitrogens with two attached hydrogens (primary N) is 1. The molecule has 0 saturated carbocycles. The Morgan fingerprint density at radius 2 is 2.64 bits per heavy atom. The van der Waals surface area contributed by atoms with Crippen molar-refractivity contribution >= 4 is 11.8 Å². The Morgan fingerprint density at radius 3 is 3.21 bits per heavy atom. The third-order valence-corrected chi connectivity index (χ3v) is 4.15. The Morgan fingerprint density at radius 1 is 1.71 bits per heavy atom. The summed E-state index contributed by atoms with van der Waals surface area (Å²) in [6.45, 7) is 0. The van der Waals surface area contributed by atoms with Gasteiger partial charge in [0.25, 0.3) is 0 Å². The van der Waals surface area contributed by atoms with E-state index in [2.05, 4.69) is 5.43 Å². The summed E-state index contributed by atoms with van der Waals surface area (Å²) in [5.41, 5.74) is 2.90. The summed E-state index contributed by atoms with van der Waals surface area (Å²) < 4.78 is 5.32. The molecule has 2 heterocycles. The van der Waals surface area contributed by atoms with Gasteiger partial charge in [-0.1, -0.05) is 0 Å². The molecule has 0 amide bonds. The van der Waals surface area contributed by atoms with E-state index in [1.807, 2.05) is 23.9 Å². The maximum atomic E-state index is 5.56. The Balaban J connectivity index is 1.92. The molecule has 2 unspecified atom stereocenters. The summed E-state index contributed by atoms with van der Waals surface area (Å²) in [4.78, 5) is 0. The van der Waals surface area contributed by atoms with Crippen molar-refractivity contribution in [2.24, 2.45) is 5.84 Å². The highest BCUT2D eigenvalue weighted by Crippen LogP contribution is 2.29. The second-order valence-electron chi connectivity index (χ2n) is 3.61. The summed E-state index contributed by atoms with van der Waals surface area (Å²) in [7, 11) is 0. The minimum absolute atomic E-state index is 0.341. The predicted octanol–water partition coefficient (Wildman–Crippen LogP) is 1.55. The lowest BCUT2D eigenvalue weighted by Gasteiger charge is -2.20. The van der Waals surface area contributed by atoms with E-state index in [4.69, 9.17) is 10.3 Å². The fourth-order valence-electron chi connectivity index (χ4n) is 1.86. The first-order chi connectivity index (χ1) is 6.90. The van der Waals surface area contributed by atoms with Crippen LogP contribution in [0.25, 0.3) is 0 Å². The van der Waals surface area contributed by atoms with Crippen molar-refractivity contribution in [1.29, 1.82) is 0 Å². The van der Waals surface area contributed by atoms with Gasteiger partial charge in [-0.15, -0.1) is 0 Å². The number of rotatable bonds is 4. The standard InChI is InChI=1S/C10H16N2OS/c11-12-9(10-4-2-6-14-10)7-8-3-1-5-13-8/h1,3,5,9-10,12H,2,4,6-7,11H2. The number of furan rings is 1. The van der Waals surface area contributed by atoms with Crippen LogP contribution < -0.4 is 11.3 Å². The van der Waals surface area contributed by atoms with Gasteiger partial charge in [-0.3, -0.25) is 11.3 Å². The van der Waals surface area contributed by atoms with Crippen molar-refractivity contribution in [3.05, 3.63) is 24.2 Å². The van der Waals surface area contributed by atoms with Crippen LogP contribution in [0.3, 0.4) is 0 Å². The van der Waals surface area contributed by atoms with Crippen LogP contribution >= 0.6 is 11.8 Å². The number of hydrogen-bond donors (Lipinski definition) is 2. The minimum Gasteiger partial charge on any atom is -0.469 e.